The van der Waals surface area contributed by atoms with E-state index in [1.165, 1.54) is 0 Å². The molecule has 114 valence electrons. The van der Waals surface area contributed by atoms with Gasteiger partial charge in [0.15, 0.2) is 0 Å². The summed E-state index contributed by atoms with van der Waals surface area (Å²) in [5.74, 6) is -1.70. The van der Waals surface area contributed by atoms with Crippen molar-refractivity contribution < 1.29 is 44.5 Å². The zero-order valence-corrected chi connectivity index (χ0v) is 10.8. The van der Waals surface area contributed by atoms with E-state index in [2.05, 4.69) is 4.74 Å². The average molecular weight is 314 g/mol. The zero-order valence-electron chi connectivity index (χ0n) is 9.96. The fourth-order valence-corrected chi connectivity index (χ4v) is 1.20. The maximum atomic E-state index is 13.0. The van der Waals surface area contributed by atoms with Crippen molar-refractivity contribution in [2.75, 3.05) is 0 Å². The van der Waals surface area contributed by atoms with Crippen LogP contribution in [0.3, 0.4) is 0 Å². The van der Waals surface area contributed by atoms with Crippen LogP contribution in [0.4, 0.5) is 22.0 Å². The summed E-state index contributed by atoms with van der Waals surface area (Å²) in [6.07, 6.45) is -10.2. The summed E-state index contributed by atoms with van der Waals surface area (Å²) in [5, 5.41) is -5.70. The Morgan fingerprint density at radius 2 is 1.47 bits per heavy atom. The van der Waals surface area contributed by atoms with E-state index in [9.17, 15) is 35.2 Å². The highest BCUT2D eigenvalue weighted by Crippen LogP contribution is 2.39. The van der Waals surface area contributed by atoms with Crippen LogP contribution in [0.25, 0.3) is 0 Å². The Morgan fingerprint density at radius 1 is 1.11 bits per heavy atom. The lowest BCUT2D eigenvalue weighted by Crippen LogP contribution is -2.53. The van der Waals surface area contributed by atoms with Crippen molar-refractivity contribution in [3.63, 3.8) is 0 Å². The number of alkyl halides is 5. The van der Waals surface area contributed by atoms with Gasteiger partial charge in [-0.15, -0.1) is 0 Å². The third kappa shape index (κ3) is 4.27. The van der Waals surface area contributed by atoms with Crippen molar-refractivity contribution in [3.05, 3.63) is 0 Å². The van der Waals surface area contributed by atoms with Gasteiger partial charge in [-0.05, 0) is 20.8 Å². The van der Waals surface area contributed by atoms with Gasteiger partial charge >= 0.3 is 27.5 Å². The lowest BCUT2D eigenvalue weighted by molar-refractivity contribution is -0.262. The SMILES string of the molecule is CC(C)(C)C(=O)OC(C(F)(F)F)C(F)(F)S(=O)(=O)O. The molecule has 0 rings (SSSR count). The summed E-state index contributed by atoms with van der Waals surface area (Å²) in [6, 6.07) is 0. The highest BCUT2D eigenvalue weighted by atomic mass is 32.2. The molecule has 19 heavy (non-hydrogen) atoms. The van der Waals surface area contributed by atoms with Gasteiger partial charge in [-0.3, -0.25) is 9.35 Å². The van der Waals surface area contributed by atoms with Crippen molar-refractivity contribution in [2.45, 2.75) is 38.3 Å². The summed E-state index contributed by atoms with van der Waals surface area (Å²) in [6.45, 7) is 3.23. The first-order chi connectivity index (χ1) is 8.01. The average Bonchev–Trinajstić information content (AvgIpc) is 2.07. The van der Waals surface area contributed by atoms with E-state index in [4.69, 9.17) is 4.55 Å². The van der Waals surface area contributed by atoms with Crippen molar-refractivity contribution in [3.8, 4) is 0 Å². The minimum absolute atomic E-state index is 1.08. The number of halogens is 5. The lowest BCUT2D eigenvalue weighted by atomic mass is 9.97. The second-order valence-electron chi connectivity index (χ2n) is 4.61. The van der Waals surface area contributed by atoms with Gasteiger partial charge in [-0.2, -0.15) is 30.4 Å². The molecule has 0 aliphatic heterocycles. The van der Waals surface area contributed by atoms with Crippen LogP contribution in [0.1, 0.15) is 20.8 Å². The van der Waals surface area contributed by atoms with Gasteiger partial charge in [0.1, 0.15) is 0 Å². The smallest absolute Gasteiger partial charge is 0.432 e. The second kappa shape index (κ2) is 4.85. The molecule has 0 bridgehead atoms. The quantitative estimate of drug-likeness (QED) is 0.489. The molecule has 0 amide bonds. The minimum atomic E-state index is -6.41. The topological polar surface area (TPSA) is 80.7 Å². The van der Waals surface area contributed by atoms with Crippen LogP contribution in [-0.2, 0) is 19.6 Å². The van der Waals surface area contributed by atoms with E-state index >= 15 is 0 Å². The van der Waals surface area contributed by atoms with Crippen molar-refractivity contribution in [1.29, 1.82) is 0 Å². The van der Waals surface area contributed by atoms with Gasteiger partial charge in [0, 0.05) is 0 Å². The Bertz CT molecular complexity index is 447. The number of hydrogen-bond donors (Lipinski definition) is 1. The molecule has 0 aromatic heterocycles. The molecule has 0 heterocycles. The summed E-state index contributed by atoms with van der Waals surface area (Å²) in [7, 11) is -6.41. The van der Waals surface area contributed by atoms with E-state index in [1.54, 1.807) is 0 Å². The Hall–Kier alpha value is -0.970. The first kappa shape index (κ1) is 18.0. The highest BCUT2D eigenvalue weighted by molar-refractivity contribution is 7.86. The van der Waals surface area contributed by atoms with Crippen molar-refractivity contribution in [2.24, 2.45) is 5.41 Å². The number of rotatable bonds is 3. The van der Waals surface area contributed by atoms with E-state index in [1.807, 2.05) is 0 Å². The van der Waals surface area contributed by atoms with E-state index < -0.39 is 39.0 Å². The third-order valence-electron chi connectivity index (χ3n) is 1.78. The standard InChI is InChI=1S/C8H11F5O5S/c1-6(2,3)5(14)18-4(7(9,10)11)8(12,13)19(15,16)17/h4H,1-3H3,(H,15,16,17). The molecular weight excluding hydrogens is 303 g/mol. The normalized spacial score (nSPS) is 16.1. The molecule has 0 spiro atoms. The molecule has 0 aromatic carbocycles. The van der Waals surface area contributed by atoms with Crippen LogP contribution in [0.15, 0.2) is 0 Å². The number of ether oxygens (including phenoxy) is 1. The molecular formula is C8H11F5O5S. The molecule has 1 N–H and O–H groups in total. The van der Waals surface area contributed by atoms with Gasteiger partial charge in [-0.1, -0.05) is 0 Å². The largest absolute Gasteiger partial charge is 0.444 e. The number of carbonyl (C=O) groups excluding carboxylic acids is 1. The number of hydrogen-bond acceptors (Lipinski definition) is 4. The molecule has 0 fully saturated rings. The lowest BCUT2D eigenvalue weighted by Gasteiger charge is -2.28. The predicted octanol–water partition coefficient (Wildman–Crippen LogP) is 1.99. The Labute approximate surface area is 105 Å². The van der Waals surface area contributed by atoms with Crippen LogP contribution in [-0.4, -0.2) is 36.5 Å². The molecule has 0 saturated heterocycles. The molecule has 5 nitrogen and oxygen atoms in total. The third-order valence-corrected chi connectivity index (χ3v) is 2.69. The highest BCUT2D eigenvalue weighted by Gasteiger charge is 2.66. The van der Waals surface area contributed by atoms with Gasteiger partial charge in [0.2, 0.25) is 0 Å². The van der Waals surface area contributed by atoms with Crippen molar-refractivity contribution >= 4 is 16.1 Å². The zero-order chi connectivity index (χ0) is 15.9. The van der Waals surface area contributed by atoms with Crippen LogP contribution in [0.5, 0.6) is 0 Å². The number of esters is 1. The maximum Gasteiger partial charge on any atom is 0.432 e. The van der Waals surface area contributed by atoms with Gasteiger partial charge in [0.25, 0.3) is 6.10 Å². The first-order valence-electron chi connectivity index (χ1n) is 4.64. The van der Waals surface area contributed by atoms with Crippen LogP contribution in [0, 0.1) is 5.41 Å². The van der Waals surface area contributed by atoms with Gasteiger partial charge in [0.05, 0.1) is 5.41 Å². The van der Waals surface area contributed by atoms with Crippen LogP contribution < -0.4 is 0 Å². The molecule has 0 radical (unpaired) electrons. The molecule has 0 aliphatic rings. The first-order valence-corrected chi connectivity index (χ1v) is 6.08. The summed E-state index contributed by atoms with van der Waals surface area (Å²) >= 11 is 0. The Morgan fingerprint density at radius 3 is 1.68 bits per heavy atom. The second-order valence-corrected chi connectivity index (χ2v) is 6.11. The summed E-state index contributed by atoms with van der Waals surface area (Å²) in [4.78, 5) is 11.2. The van der Waals surface area contributed by atoms with E-state index in [0.717, 1.165) is 20.8 Å². The van der Waals surface area contributed by atoms with Gasteiger partial charge in [-0.25, -0.2) is 0 Å². The van der Waals surface area contributed by atoms with Crippen molar-refractivity contribution in [1.82, 2.24) is 0 Å². The monoisotopic (exact) mass is 314 g/mol. The molecule has 1 unspecified atom stereocenters. The fourth-order valence-electron chi connectivity index (χ4n) is 0.745. The Kier molecular flexibility index (Phi) is 4.60. The predicted molar refractivity (Wildman–Crippen MR) is 51.9 cm³/mol. The molecule has 0 saturated carbocycles. The van der Waals surface area contributed by atoms with E-state index in [0.29, 0.717) is 0 Å². The molecule has 0 aromatic rings. The van der Waals surface area contributed by atoms with Crippen LogP contribution in [0.2, 0.25) is 0 Å². The minimum Gasteiger partial charge on any atom is -0.444 e. The number of carbonyl (C=O) groups is 1. The van der Waals surface area contributed by atoms with E-state index in [-0.39, 0.29) is 0 Å². The molecule has 11 heteroatoms. The summed E-state index contributed by atoms with van der Waals surface area (Å²) < 4.78 is 95.3. The molecule has 1 atom stereocenters. The Balaban J connectivity index is 5.59. The van der Waals surface area contributed by atoms with Crippen LogP contribution >= 0.6 is 0 Å². The molecule has 0 aliphatic carbocycles. The fraction of sp³-hybridized carbons (Fsp3) is 0.875. The van der Waals surface area contributed by atoms with Gasteiger partial charge < -0.3 is 4.74 Å². The maximum absolute atomic E-state index is 13.0. The summed E-state index contributed by atoms with van der Waals surface area (Å²) in [5.41, 5.74) is -1.57.